The van der Waals surface area contributed by atoms with E-state index in [1.807, 2.05) is 0 Å². The molecule has 0 saturated heterocycles. The molecule has 0 fully saturated rings. The fraction of sp³-hybridized carbons (Fsp3) is 0.600. The van der Waals surface area contributed by atoms with Gasteiger partial charge in [0.1, 0.15) is 12.4 Å². The number of ether oxygens (including phenoxy) is 1. The molecule has 0 atom stereocenters. The maximum Gasteiger partial charge on any atom is 0.261 e. The van der Waals surface area contributed by atoms with Gasteiger partial charge in [-0.2, -0.15) is 0 Å². The molecule has 0 aliphatic rings. The summed E-state index contributed by atoms with van der Waals surface area (Å²) < 4.78 is 28.3. The Morgan fingerprint density at radius 2 is 2.19 bits per heavy atom. The van der Waals surface area contributed by atoms with Crippen molar-refractivity contribution < 1.29 is 13.5 Å². The Morgan fingerprint density at radius 1 is 1.38 bits per heavy atom. The van der Waals surface area contributed by atoms with Crippen molar-refractivity contribution in [2.24, 2.45) is 5.73 Å². The topological polar surface area (TPSA) is 61.0 Å². The second-order valence-electron chi connectivity index (χ2n) is 3.22. The van der Waals surface area contributed by atoms with Crippen LogP contribution in [-0.2, 0) is 17.6 Å². The zero-order chi connectivity index (χ0) is 11.8. The van der Waals surface area contributed by atoms with Crippen molar-refractivity contribution in [1.29, 1.82) is 0 Å². The van der Waals surface area contributed by atoms with Gasteiger partial charge in [-0.3, -0.25) is 0 Å². The molecule has 1 heterocycles. The predicted octanol–water partition coefficient (Wildman–Crippen LogP) is 0.802. The highest BCUT2D eigenvalue weighted by Crippen LogP contribution is 1.98. The number of aromatic nitrogens is 2. The highest BCUT2D eigenvalue weighted by molar-refractivity contribution is 5.02. The van der Waals surface area contributed by atoms with Crippen molar-refractivity contribution in [3.8, 4) is 0 Å². The minimum Gasteiger partial charge on any atom is -0.375 e. The third kappa shape index (κ3) is 5.09. The first-order valence-electron chi connectivity index (χ1n) is 5.09. The zero-order valence-corrected chi connectivity index (χ0v) is 8.90. The lowest BCUT2D eigenvalue weighted by Crippen LogP contribution is -2.10. The van der Waals surface area contributed by atoms with Gasteiger partial charge in [-0.15, -0.1) is 0 Å². The molecule has 1 rings (SSSR count). The molecule has 0 saturated carbocycles. The fourth-order valence-electron chi connectivity index (χ4n) is 1.18. The molecule has 90 valence electrons. The summed E-state index contributed by atoms with van der Waals surface area (Å²) in [5.74, 6) is 0.597. The van der Waals surface area contributed by atoms with Crippen molar-refractivity contribution in [2.45, 2.75) is 19.3 Å². The van der Waals surface area contributed by atoms with E-state index in [1.54, 1.807) is 12.3 Å². The smallest absolute Gasteiger partial charge is 0.261 e. The van der Waals surface area contributed by atoms with Crippen LogP contribution in [0, 0.1) is 0 Å². The molecule has 1 aromatic heterocycles. The van der Waals surface area contributed by atoms with Gasteiger partial charge in [0.2, 0.25) is 0 Å². The molecule has 0 aliphatic carbocycles. The predicted molar refractivity (Wildman–Crippen MR) is 55.3 cm³/mol. The molecule has 0 aromatic carbocycles. The largest absolute Gasteiger partial charge is 0.375 e. The van der Waals surface area contributed by atoms with Gasteiger partial charge < -0.3 is 10.5 Å². The van der Waals surface area contributed by atoms with Crippen LogP contribution in [0.15, 0.2) is 12.3 Å². The van der Waals surface area contributed by atoms with Crippen LogP contribution in [0.1, 0.15) is 11.5 Å². The van der Waals surface area contributed by atoms with E-state index >= 15 is 0 Å². The summed E-state index contributed by atoms with van der Waals surface area (Å²) in [6.45, 7) is 0.192. The van der Waals surface area contributed by atoms with E-state index in [0.29, 0.717) is 25.2 Å². The molecular weight excluding hydrogens is 216 g/mol. The molecule has 4 nitrogen and oxygen atoms in total. The van der Waals surface area contributed by atoms with Crippen LogP contribution in [-0.4, -0.2) is 36.2 Å². The maximum absolute atomic E-state index is 11.8. The van der Waals surface area contributed by atoms with Crippen molar-refractivity contribution in [3.05, 3.63) is 23.8 Å². The Hall–Kier alpha value is -1.14. The third-order valence-electron chi connectivity index (χ3n) is 1.88. The first-order chi connectivity index (χ1) is 7.72. The first-order valence-corrected chi connectivity index (χ1v) is 5.09. The van der Waals surface area contributed by atoms with Crippen LogP contribution in [0.5, 0.6) is 0 Å². The van der Waals surface area contributed by atoms with Gasteiger partial charge in [-0.05, 0) is 12.6 Å². The van der Waals surface area contributed by atoms with Crippen molar-refractivity contribution in [3.63, 3.8) is 0 Å². The highest BCUT2D eigenvalue weighted by Gasteiger charge is 2.03. The summed E-state index contributed by atoms with van der Waals surface area (Å²) in [5, 5.41) is 0. The number of halogens is 2. The lowest BCUT2D eigenvalue weighted by atomic mass is 10.3. The average molecular weight is 231 g/mol. The molecular formula is C10H15F2N3O. The molecule has 0 spiro atoms. The van der Waals surface area contributed by atoms with Gasteiger partial charge in [-0.1, -0.05) is 0 Å². The summed E-state index contributed by atoms with van der Waals surface area (Å²) >= 11 is 0. The molecule has 1 aromatic rings. The van der Waals surface area contributed by atoms with Crippen LogP contribution in [0.2, 0.25) is 0 Å². The second kappa shape index (κ2) is 7.19. The maximum atomic E-state index is 11.8. The lowest BCUT2D eigenvalue weighted by Gasteiger charge is -2.04. The minimum absolute atomic E-state index is 0.205. The number of alkyl halides is 2. The summed E-state index contributed by atoms with van der Waals surface area (Å²) in [6, 6.07) is 1.79. The summed E-state index contributed by atoms with van der Waals surface area (Å²) in [7, 11) is 0. The van der Waals surface area contributed by atoms with Crippen LogP contribution >= 0.6 is 0 Å². The van der Waals surface area contributed by atoms with E-state index in [9.17, 15) is 8.78 Å². The lowest BCUT2D eigenvalue weighted by molar-refractivity contribution is 0.0182. The molecule has 6 heteroatoms. The summed E-state index contributed by atoms with van der Waals surface area (Å²) in [6.07, 6.45) is 0.336. The molecule has 0 radical (unpaired) electrons. The average Bonchev–Trinajstić information content (AvgIpc) is 2.25. The van der Waals surface area contributed by atoms with Crippen molar-refractivity contribution >= 4 is 0 Å². The monoisotopic (exact) mass is 231 g/mol. The molecule has 0 amide bonds. The third-order valence-corrected chi connectivity index (χ3v) is 1.88. The quantitative estimate of drug-likeness (QED) is 0.705. The van der Waals surface area contributed by atoms with E-state index in [1.165, 1.54) is 0 Å². The van der Waals surface area contributed by atoms with Crippen LogP contribution in [0.3, 0.4) is 0 Å². The summed E-state index contributed by atoms with van der Waals surface area (Å²) in [4.78, 5) is 8.24. The first kappa shape index (κ1) is 12.9. The number of rotatable bonds is 7. The number of nitrogens with zero attached hydrogens (tertiary/aromatic N) is 2. The number of hydrogen-bond acceptors (Lipinski definition) is 4. The van der Waals surface area contributed by atoms with E-state index in [-0.39, 0.29) is 6.61 Å². The van der Waals surface area contributed by atoms with Crippen molar-refractivity contribution in [2.75, 3.05) is 19.8 Å². The normalized spacial score (nSPS) is 11.0. The van der Waals surface area contributed by atoms with Gasteiger partial charge in [0.05, 0.1) is 6.61 Å². The Balaban J connectivity index is 2.33. The summed E-state index contributed by atoms with van der Waals surface area (Å²) in [5.41, 5.74) is 6.26. The molecule has 16 heavy (non-hydrogen) atoms. The number of nitrogens with two attached hydrogens (primary N) is 1. The molecule has 2 N–H and O–H groups in total. The standard InChI is InChI=1S/C10H15F2N3O/c11-9(12)7-16-6-3-10-14-5-2-8(15-10)1-4-13/h2,5,9H,1,3-4,6-7,13H2. The van der Waals surface area contributed by atoms with Gasteiger partial charge in [0, 0.05) is 24.7 Å². The van der Waals surface area contributed by atoms with Gasteiger partial charge >= 0.3 is 0 Å². The van der Waals surface area contributed by atoms with Crippen molar-refractivity contribution in [1.82, 2.24) is 9.97 Å². The van der Waals surface area contributed by atoms with E-state index in [2.05, 4.69) is 9.97 Å². The Kier molecular flexibility index (Phi) is 5.81. The van der Waals surface area contributed by atoms with Gasteiger partial charge in [0.15, 0.2) is 0 Å². The SMILES string of the molecule is NCCc1ccnc(CCOCC(F)F)n1. The Bertz CT molecular complexity index is 310. The zero-order valence-electron chi connectivity index (χ0n) is 8.90. The minimum atomic E-state index is -2.43. The Labute approximate surface area is 92.8 Å². The van der Waals surface area contributed by atoms with Crippen LogP contribution in [0.25, 0.3) is 0 Å². The van der Waals surface area contributed by atoms with Gasteiger partial charge in [0.25, 0.3) is 6.43 Å². The second-order valence-corrected chi connectivity index (χ2v) is 3.22. The molecule has 0 bridgehead atoms. The highest BCUT2D eigenvalue weighted by atomic mass is 19.3. The van der Waals surface area contributed by atoms with Crippen LogP contribution in [0.4, 0.5) is 8.78 Å². The molecule has 0 unspecified atom stereocenters. The van der Waals surface area contributed by atoms with Gasteiger partial charge in [-0.25, -0.2) is 18.7 Å². The Morgan fingerprint density at radius 3 is 2.88 bits per heavy atom. The van der Waals surface area contributed by atoms with Crippen LogP contribution < -0.4 is 5.73 Å². The van der Waals surface area contributed by atoms with E-state index in [4.69, 9.17) is 10.5 Å². The number of hydrogen-bond donors (Lipinski definition) is 1. The van der Waals surface area contributed by atoms with E-state index < -0.39 is 13.0 Å². The van der Waals surface area contributed by atoms with E-state index in [0.717, 1.165) is 5.69 Å². The fourth-order valence-corrected chi connectivity index (χ4v) is 1.18. The molecule has 0 aliphatic heterocycles.